The Hall–Kier alpha value is -3.09. The minimum absolute atomic E-state index is 0.112. The van der Waals surface area contributed by atoms with Crippen molar-refractivity contribution in [3.8, 4) is 5.75 Å². The van der Waals surface area contributed by atoms with Gasteiger partial charge in [-0.15, -0.1) is 0 Å². The monoisotopic (exact) mass is 689 g/mol. The molecule has 3 N–H and O–H groups in total. The quantitative estimate of drug-likeness (QED) is 0.145. The molecule has 12 nitrogen and oxygen atoms in total. The zero-order valence-electron chi connectivity index (χ0n) is 25.2. The number of carbonyl (C=O) groups excluding carboxylic acids is 3. The molecule has 1 saturated heterocycles. The third kappa shape index (κ3) is 6.34. The average Bonchev–Trinajstić information content (AvgIpc) is 3.42. The number of anilines is 1. The summed E-state index contributed by atoms with van der Waals surface area (Å²) in [4.78, 5) is 46.1. The van der Waals surface area contributed by atoms with E-state index in [9.17, 15) is 18.9 Å². The van der Waals surface area contributed by atoms with Crippen molar-refractivity contribution in [2.45, 2.75) is 59.2 Å². The Morgan fingerprint density at radius 2 is 1.89 bits per heavy atom. The predicted molar refractivity (Wildman–Crippen MR) is 169 cm³/mol. The van der Waals surface area contributed by atoms with Crippen molar-refractivity contribution >= 4 is 57.8 Å². The second-order valence-corrected chi connectivity index (χ2v) is 14.0. The van der Waals surface area contributed by atoms with Crippen LogP contribution in [0.4, 0.5) is 5.82 Å². The lowest BCUT2D eigenvalue weighted by atomic mass is 9.99. The van der Waals surface area contributed by atoms with Gasteiger partial charge in [-0.3, -0.25) is 18.9 Å². The van der Waals surface area contributed by atoms with E-state index in [0.717, 1.165) is 12.0 Å². The van der Waals surface area contributed by atoms with Gasteiger partial charge in [0.1, 0.15) is 28.8 Å². The number of fused-ring (bicyclic) bond motifs is 2. The molecule has 1 aliphatic heterocycles. The van der Waals surface area contributed by atoms with Crippen LogP contribution >= 0.6 is 23.5 Å². The molecule has 3 heterocycles. The van der Waals surface area contributed by atoms with Gasteiger partial charge in [-0.1, -0.05) is 6.07 Å². The number of nitrogens with two attached hydrogens (primary N) is 1. The van der Waals surface area contributed by atoms with Crippen molar-refractivity contribution in [3.05, 3.63) is 52.3 Å². The first-order valence-electron chi connectivity index (χ1n) is 14.5. The number of aryl methyl sites for hydroxylation is 1. The molecule has 2 fully saturated rings. The Kier molecular flexibility index (Phi) is 9.34. The summed E-state index contributed by atoms with van der Waals surface area (Å²) in [5.74, 6) is 0.0489. The number of Topliss-reactive ketones (excluding diaryl/α,β-unsaturated/α-hetero) is 1. The summed E-state index contributed by atoms with van der Waals surface area (Å²) in [5, 5.41) is 3.54. The Morgan fingerprint density at radius 1 is 1.16 bits per heavy atom. The van der Waals surface area contributed by atoms with E-state index in [0.29, 0.717) is 45.6 Å². The molecule has 0 radical (unpaired) electrons. The number of benzene rings is 1. The SMILES string of the molecule is CCOP(=O)(COc1ccc2c(C(C)=O)cn(CC(=O)N3[C@H](C(=O)Nc4nc(Br)ccc4C)C[C@@]4(CN)C[C@@H]34)c2c1)OCC. The molecular weight excluding hydrogens is 653 g/mol. The molecule has 3 atom stereocenters. The van der Waals surface area contributed by atoms with Crippen LogP contribution in [0.5, 0.6) is 5.75 Å². The topological polar surface area (TPSA) is 155 Å². The number of aromatic nitrogens is 2. The van der Waals surface area contributed by atoms with Crippen molar-refractivity contribution in [1.82, 2.24) is 14.5 Å². The first-order chi connectivity index (χ1) is 20.9. The minimum atomic E-state index is -3.46. The minimum Gasteiger partial charge on any atom is -0.481 e. The molecule has 3 aromatic rings. The Bertz CT molecular complexity index is 1650. The number of halogens is 1. The molecule has 1 aromatic carbocycles. The van der Waals surface area contributed by atoms with E-state index in [1.165, 1.54) is 6.92 Å². The van der Waals surface area contributed by atoms with E-state index in [1.54, 1.807) is 53.8 Å². The van der Waals surface area contributed by atoms with Gasteiger partial charge in [0.15, 0.2) is 12.1 Å². The summed E-state index contributed by atoms with van der Waals surface area (Å²) < 4.78 is 31.6. The van der Waals surface area contributed by atoms with E-state index in [4.69, 9.17) is 19.5 Å². The third-order valence-corrected chi connectivity index (χ3v) is 10.5. The fraction of sp³-hybridized carbons (Fsp3) is 0.467. The highest BCUT2D eigenvalue weighted by Gasteiger charge is 2.66. The molecule has 0 unspecified atom stereocenters. The van der Waals surface area contributed by atoms with Gasteiger partial charge in [-0.25, -0.2) is 4.98 Å². The number of ether oxygens (including phenoxy) is 1. The molecule has 44 heavy (non-hydrogen) atoms. The first kappa shape index (κ1) is 32.3. The maximum atomic E-state index is 14.0. The summed E-state index contributed by atoms with van der Waals surface area (Å²) in [6.07, 6.45) is 2.54. The number of piperidine rings is 1. The Morgan fingerprint density at radius 3 is 2.55 bits per heavy atom. The Balaban J connectivity index is 1.41. The number of ketones is 1. The molecule has 1 saturated carbocycles. The molecule has 5 rings (SSSR count). The summed E-state index contributed by atoms with van der Waals surface area (Å²) >= 11 is 3.34. The molecule has 1 aliphatic carbocycles. The summed E-state index contributed by atoms with van der Waals surface area (Å²) in [6, 6.07) is 7.86. The lowest BCUT2D eigenvalue weighted by Gasteiger charge is -2.27. The van der Waals surface area contributed by atoms with E-state index in [-0.39, 0.29) is 55.2 Å². The van der Waals surface area contributed by atoms with E-state index in [1.807, 2.05) is 13.0 Å². The van der Waals surface area contributed by atoms with Crippen LogP contribution in [-0.4, -0.2) is 70.2 Å². The van der Waals surface area contributed by atoms with Crippen LogP contribution in [0.1, 0.15) is 49.5 Å². The van der Waals surface area contributed by atoms with Gasteiger partial charge in [0.25, 0.3) is 0 Å². The van der Waals surface area contributed by atoms with E-state index < -0.39 is 13.6 Å². The summed E-state index contributed by atoms with van der Waals surface area (Å²) in [6.45, 7) is 7.41. The van der Waals surface area contributed by atoms with Crippen LogP contribution < -0.4 is 15.8 Å². The van der Waals surface area contributed by atoms with Crippen molar-refractivity contribution in [3.63, 3.8) is 0 Å². The van der Waals surface area contributed by atoms with Crippen LogP contribution in [0, 0.1) is 12.3 Å². The van der Waals surface area contributed by atoms with Crippen LogP contribution in [0.2, 0.25) is 0 Å². The van der Waals surface area contributed by atoms with Crippen molar-refractivity contribution in [1.29, 1.82) is 0 Å². The van der Waals surface area contributed by atoms with Crippen molar-refractivity contribution in [2.24, 2.45) is 11.1 Å². The second kappa shape index (κ2) is 12.7. The zero-order valence-corrected chi connectivity index (χ0v) is 27.7. The maximum absolute atomic E-state index is 14.0. The van der Waals surface area contributed by atoms with Gasteiger partial charge in [-0.2, -0.15) is 0 Å². The number of rotatable bonds is 13. The lowest BCUT2D eigenvalue weighted by Crippen LogP contribution is -2.46. The number of carbonyl (C=O) groups is 3. The van der Waals surface area contributed by atoms with Crippen LogP contribution in [0.15, 0.2) is 41.1 Å². The number of hydrogen-bond acceptors (Lipinski definition) is 9. The number of nitrogens with zero attached hydrogens (tertiary/aromatic N) is 3. The molecule has 0 spiro atoms. The van der Waals surface area contributed by atoms with Crippen molar-refractivity contribution < 1.29 is 32.7 Å². The average molecular weight is 691 g/mol. The first-order valence-corrected chi connectivity index (χ1v) is 17.1. The molecule has 2 amide bonds. The van der Waals surface area contributed by atoms with Gasteiger partial charge in [-0.05, 0) is 80.2 Å². The summed E-state index contributed by atoms with van der Waals surface area (Å²) in [5.41, 5.74) is 7.66. The fourth-order valence-corrected chi connectivity index (χ4v) is 7.63. The normalized spacial score (nSPS) is 20.9. The highest BCUT2D eigenvalue weighted by molar-refractivity contribution is 9.10. The number of likely N-dealkylation sites (tertiary alicyclic amines) is 1. The van der Waals surface area contributed by atoms with Gasteiger partial charge >= 0.3 is 7.60 Å². The smallest absolute Gasteiger partial charge is 0.367 e. The number of hydrogen-bond donors (Lipinski definition) is 2. The van der Waals surface area contributed by atoms with Crippen LogP contribution in [0.3, 0.4) is 0 Å². The van der Waals surface area contributed by atoms with Gasteiger partial charge < -0.3 is 34.3 Å². The standard InChI is InChI=1S/C30H37BrN5O7P/c1-5-42-44(40,43-6-2)17-41-20-8-9-21-22(19(4)37)14-35(23(21)11-20)15-27(38)36-24(12-30(16-32)13-25(30)36)29(39)34-28-18(3)7-10-26(31)33-28/h7-11,14,24-25H,5-6,12-13,15-17,32H2,1-4H3,(H,33,34,39)/t24-,25+,30-/m0/s1. The fourth-order valence-electron chi connectivity index (χ4n) is 6.00. The third-order valence-electron chi connectivity index (χ3n) is 8.30. The second-order valence-electron chi connectivity index (χ2n) is 11.2. The number of nitrogens with one attached hydrogen (secondary N) is 1. The molecule has 2 aromatic heterocycles. The number of pyridine rings is 1. The van der Waals surface area contributed by atoms with Gasteiger partial charge in [0, 0.05) is 41.2 Å². The predicted octanol–water partition coefficient (Wildman–Crippen LogP) is 4.87. The van der Waals surface area contributed by atoms with Crippen LogP contribution in [-0.2, 0) is 29.7 Å². The molecule has 14 heteroatoms. The van der Waals surface area contributed by atoms with Gasteiger partial charge in [0.2, 0.25) is 11.8 Å². The van der Waals surface area contributed by atoms with E-state index in [2.05, 4.69) is 26.2 Å². The number of amides is 2. The zero-order chi connectivity index (χ0) is 31.8. The lowest BCUT2D eigenvalue weighted by molar-refractivity contribution is -0.138. The Labute approximate surface area is 264 Å². The highest BCUT2D eigenvalue weighted by Crippen LogP contribution is 2.59. The van der Waals surface area contributed by atoms with Gasteiger partial charge in [0.05, 0.1) is 18.7 Å². The molecule has 236 valence electrons. The highest BCUT2D eigenvalue weighted by atomic mass is 79.9. The molecule has 2 aliphatic rings. The van der Waals surface area contributed by atoms with Crippen molar-refractivity contribution in [2.75, 3.05) is 31.4 Å². The summed E-state index contributed by atoms with van der Waals surface area (Å²) in [7, 11) is -3.46. The van der Waals surface area contributed by atoms with Crippen LogP contribution in [0.25, 0.3) is 10.9 Å². The largest absolute Gasteiger partial charge is 0.481 e. The molecular formula is C30H37BrN5O7P. The van der Waals surface area contributed by atoms with E-state index >= 15 is 0 Å². The molecule has 0 bridgehead atoms. The maximum Gasteiger partial charge on any atom is 0.367 e.